The van der Waals surface area contributed by atoms with Crippen LogP contribution in [0.1, 0.15) is 40.5 Å². The van der Waals surface area contributed by atoms with Gasteiger partial charge in [0.25, 0.3) is 0 Å². The summed E-state index contributed by atoms with van der Waals surface area (Å²) in [5.41, 5.74) is 2.53. The molecule has 0 amide bonds. The Morgan fingerprint density at radius 3 is 1.31 bits per heavy atom. The monoisotopic (exact) mass is 610 g/mol. The predicted octanol–water partition coefficient (Wildman–Crippen LogP) is 6.84. The molecule has 0 radical (unpaired) electrons. The van der Waals surface area contributed by atoms with Crippen molar-refractivity contribution in [2.24, 2.45) is 0 Å². The third kappa shape index (κ3) is 8.99. The summed E-state index contributed by atoms with van der Waals surface area (Å²) in [5, 5.41) is 3.98. The maximum absolute atomic E-state index is 6.62. The number of hydrogen-bond acceptors (Lipinski definition) is 4. The van der Waals surface area contributed by atoms with Crippen molar-refractivity contribution in [3.63, 3.8) is 0 Å². The fourth-order valence-electron chi connectivity index (χ4n) is 3.84. The van der Waals surface area contributed by atoms with Gasteiger partial charge in [-0.15, -0.1) is 0 Å². The zero-order valence-electron chi connectivity index (χ0n) is 21.2. The number of hydrogen-bond donors (Lipinski definition) is 0. The van der Waals surface area contributed by atoms with Crippen LogP contribution in [-0.2, 0) is 44.5 Å². The van der Waals surface area contributed by atoms with Crippen LogP contribution in [-0.4, -0.2) is 38.7 Å². The molecule has 2 aliphatic rings. The summed E-state index contributed by atoms with van der Waals surface area (Å²) in [6, 6.07) is 0. The van der Waals surface area contributed by atoms with Gasteiger partial charge >= 0.3 is 0 Å². The van der Waals surface area contributed by atoms with Crippen LogP contribution < -0.4 is 0 Å². The van der Waals surface area contributed by atoms with E-state index in [1.165, 1.54) is 21.5 Å². The average molecular weight is 613 g/mol. The quantitative estimate of drug-likeness (QED) is 0.200. The van der Waals surface area contributed by atoms with Crippen LogP contribution in [0.4, 0.5) is 0 Å². The molecule has 0 bridgehead atoms. The van der Waals surface area contributed by atoms with Gasteiger partial charge in [-0.25, -0.2) is 0 Å². The second kappa shape index (κ2) is 12.0. The number of allylic oxidation sites excluding steroid dienone is 6. The topological polar surface area (TPSA) is 36.9 Å². The summed E-state index contributed by atoms with van der Waals surface area (Å²) in [6.07, 6.45) is 0.801. The van der Waals surface area contributed by atoms with Gasteiger partial charge in [-0.3, -0.25) is 0 Å². The first-order valence-corrected chi connectivity index (χ1v) is 19.9. The van der Waals surface area contributed by atoms with Gasteiger partial charge in [0.05, 0.1) is 19.6 Å². The van der Waals surface area contributed by atoms with E-state index in [1.807, 2.05) is 13.8 Å². The van der Waals surface area contributed by atoms with Crippen molar-refractivity contribution >= 4 is 49.4 Å². The van der Waals surface area contributed by atoms with E-state index in [2.05, 4.69) is 53.1 Å². The first kappa shape index (κ1) is 30.6. The van der Waals surface area contributed by atoms with Crippen molar-refractivity contribution in [2.45, 2.75) is 92.4 Å². The number of rotatable bonds is 10. The zero-order valence-corrected chi connectivity index (χ0v) is 28.5. The maximum atomic E-state index is 6.62. The Hall–Kier alpha value is 0.594. The van der Waals surface area contributed by atoms with Crippen LogP contribution in [0.5, 0.6) is 0 Å². The van der Waals surface area contributed by atoms with Gasteiger partial charge in [-0.1, -0.05) is 34.3 Å². The second-order valence-corrected chi connectivity index (χ2v) is 21.9. The van der Waals surface area contributed by atoms with Gasteiger partial charge in [0.2, 0.25) is 0 Å². The Morgan fingerprint density at radius 1 is 0.719 bits per heavy atom. The summed E-state index contributed by atoms with van der Waals surface area (Å²) in [5.74, 6) is 1.59. The van der Waals surface area contributed by atoms with Crippen molar-refractivity contribution in [3.8, 4) is 0 Å². The summed E-state index contributed by atoms with van der Waals surface area (Å²) in [7, 11) is -4.36. The van der Waals surface area contributed by atoms with E-state index in [0.29, 0.717) is 0 Å². The van der Waals surface area contributed by atoms with Crippen molar-refractivity contribution in [1.82, 2.24) is 0 Å². The molecule has 0 fully saturated rings. The Kier molecular flexibility index (Phi) is 11.5. The minimum atomic E-state index is -1.72. The summed E-state index contributed by atoms with van der Waals surface area (Å²) < 4.78 is 24.7. The van der Waals surface area contributed by atoms with Gasteiger partial charge in [-0.2, -0.15) is 0 Å². The normalized spacial score (nSPS) is 20.0. The van der Waals surface area contributed by atoms with E-state index in [-0.39, 0.29) is 38.8 Å². The smallest absolute Gasteiger partial charge is 0.188 e. The van der Waals surface area contributed by atoms with Gasteiger partial charge in [-0.05, 0) is 77.4 Å². The first-order valence-electron chi connectivity index (χ1n) is 10.9. The molecule has 2 atom stereocenters. The molecule has 4 nitrogen and oxygen atoms in total. The second-order valence-electron chi connectivity index (χ2n) is 10.3. The molecule has 2 unspecified atom stereocenters. The molecule has 0 spiro atoms. The van der Waals surface area contributed by atoms with Gasteiger partial charge in [0.15, 0.2) is 29.2 Å². The third-order valence-electron chi connectivity index (χ3n) is 4.87. The van der Waals surface area contributed by atoms with Crippen molar-refractivity contribution < 1.29 is 44.5 Å². The molecule has 10 heteroatoms. The van der Waals surface area contributed by atoms with Crippen LogP contribution in [0.3, 0.4) is 0 Å². The van der Waals surface area contributed by atoms with Crippen LogP contribution in [0.25, 0.3) is 0 Å². The molecule has 180 valence electrons. The van der Waals surface area contributed by atoms with Crippen LogP contribution in [0, 0.1) is 0 Å². The largest absolute Gasteiger partial charge is 0.465 e. The van der Waals surface area contributed by atoms with Gasteiger partial charge in [0, 0.05) is 39.0 Å². The first-order chi connectivity index (χ1) is 14.1. The van der Waals surface area contributed by atoms with Crippen molar-refractivity contribution in [2.75, 3.05) is 0 Å². The van der Waals surface area contributed by atoms with Crippen molar-refractivity contribution in [1.29, 1.82) is 0 Å². The van der Waals surface area contributed by atoms with E-state index < -0.39 is 26.2 Å². The fraction of sp³-hybridized carbons (Fsp3) is 0.636. The molecule has 2 aliphatic carbocycles. The van der Waals surface area contributed by atoms with E-state index >= 15 is 0 Å². The molecular formula is C22H38Cl2O4Si3Zr. The van der Waals surface area contributed by atoms with Crippen LogP contribution in [0.15, 0.2) is 43.1 Å². The molecular weight excluding hydrogens is 575 g/mol. The molecule has 0 N–H and O–H groups in total. The molecule has 0 aliphatic heterocycles. The molecule has 0 aromatic heterocycles. The SMILES string of the molecule is CC1=C([SiH2]C2=C(C)CC(Cl)=C2OC(C)O[Si](C)(C)C)C(OC(C)O[Si](C)(C)C)=C(Cl)C1.[Zr]. The molecule has 0 aromatic rings. The molecule has 32 heavy (non-hydrogen) atoms. The third-order valence-corrected chi connectivity index (χ3v) is 10.1. The van der Waals surface area contributed by atoms with Gasteiger partial charge in [0.1, 0.15) is 11.5 Å². The molecule has 2 rings (SSSR count). The van der Waals surface area contributed by atoms with E-state index in [4.69, 9.17) is 41.5 Å². The Labute approximate surface area is 228 Å². The summed E-state index contributed by atoms with van der Waals surface area (Å²) in [6.45, 7) is 21.1. The number of halogens is 2. The van der Waals surface area contributed by atoms with Gasteiger partial charge < -0.3 is 18.3 Å². The Balaban J connectivity index is 0.00000512. The molecule has 0 saturated heterocycles. The summed E-state index contributed by atoms with van der Waals surface area (Å²) >= 11 is 13.2. The van der Waals surface area contributed by atoms with E-state index in [9.17, 15) is 0 Å². The fourth-order valence-corrected chi connectivity index (χ4v) is 8.99. The van der Waals surface area contributed by atoms with Crippen LogP contribution in [0.2, 0.25) is 39.3 Å². The Bertz CT molecular complexity index is 771. The minimum absolute atomic E-state index is 0. The van der Waals surface area contributed by atoms with E-state index in [0.717, 1.165) is 34.4 Å². The molecule has 0 aromatic carbocycles. The predicted molar refractivity (Wildman–Crippen MR) is 139 cm³/mol. The van der Waals surface area contributed by atoms with E-state index in [1.54, 1.807) is 0 Å². The Morgan fingerprint density at radius 2 is 1.03 bits per heavy atom. The number of ether oxygens (including phenoxy) is 2. The maximum Gasteiger partial charge on any atom is 0.188 e. The zero-order chi connectivity index (χ0) is 23.7. The minimum Gasteiger partial charge on any atom is -0.465 e. The summed E-state index contributed by atoms with van der Waals surface area (Å²) in [4.78, 5) is 0. The molecule has 0 heterocycles. The standard InChI is InChI=1S/C22H38Cl2O4Si3.Zr/c1-13-11-17(23)19(25-15(3)27-30(5,6)7)21(13)29-22-14(2)12-18(24)20(22)26-16(4)28-31(8,9)10;/h15-16H,11-12,29H2,1-10H3;. The van der Waals surface area contributed by atoms with Crippen molar-refractivity contribution in [3.05, 3.63) is 43.1 Å². The average Bonchev–Trinajstić information content (AvgIpc) is 2.94. The molecule has 0 saturated carbocycles. The van der Waals surface area contributed by atoms with Crippen LogP contribution >= 0.6 is 23.2 Å².